The van der Waals surface area contributed by atoms with Gasteiger partial charge in [-0.1, -0.05) is 30.3 Å². The topological polar surface area (TPSA) is 50.2 Å². The standard InChI is InChI=1S/C21H24N4O/c1-16-22-12-13-25(16)15-19-6-4-5-7-20(19)23-21(26)18-10-8-17(9-11-18)14-24(2)3/h4-13H,14-15H2,1-3H3,(H,23,26). The molecule has 0 aliphatic carbocycles. The molecule has 0 saturated carbocycles. The van der Waals surface area contributed by atoms with Gasteiger partial charge in [0, 0.05) is 30.2 Å². The van der Waals surface area contributed by atoms with Crippen LogP contribution >= 0.6 is 0 Å². The Hall–Kier alpha value is -2.92. The van der Waals surface area contributed by atoms with Crippen LogP contribution < -0.4 is 5.32 Å². The van der Waals surface area contributed by atoms with Crippen molar-refractivity contribution in [3.05, 3.63) is 83.4 Å². The van der Waals surface area contributed by atoms with Crippen LogP contribution in [0, 0.1) is 6.92 Å². The molecule has 1 heterocycles. The number of amides is 1. The third-order valence-electron chi connectivity index (χ3n) is 4.24. The van der Waals surface area contributed by atoms with Crippen LogP contribution in [0.5, 0.6) is 0 Å². The molecule has 1 aromatic heterocycles. The number of carbonyl (C=O) groups is 1. The predicted octanol–water partition coefficient (Wildman–Crippen LogP) is 3.55. The van der Waals surface area contributed by atoms with E-state index in [-0.39, 0.29) is 5.91 Å². The minimum absolute atomic E-state index is 0.101. The molecule has 26 heavy (non-hydrogen) atoms. The molecular formula is C21H24N4O. The molecule has 0 fully saturated rings. The van der Waals surface area contributed by atoms with E-state index in [1.54, 1.807) is 6.20 Å². The van der Waals surface area contributed by atoms with Gasteiger partial charge in [-0.25, -0.2) is 4.98 Å². The fraction of sp³-hybridized carbons (Fsp3) is 0.238. The Bertz CT molecular complexity index is 881. The van der Waals surface area contributed by atoms with Gasteiger partial charge in [-0.15, -0.1) is 0 Å². The highest BCUT2D eigenvalue weighted by Gasteiger charge is 2.10. The number of aromatic nitrogens is 2. The van der Waals surface area contributed by atoms with Gasteiger partial charge in [0.2, 0.25) is 0 Å². The van der Waals surface area contributed by atoms with Crippen molar-refractivity contribution in [3.63, 3.8) is 0 Å². The maximum Gasteiger partial charge on any atom is 0.255 e. The predicted molar refractivity (Wildman–Crippen MR) is 104 cm³/mol. The van der Waals surface area contributed by atoms with Crippen molar-refractivity contribution >= 4 is 11.6 Å². The zero-order valence-electron chi connectivity index (χ0n) is 15.4. The van der Waals surface area contributed by atoms with Gasteiger partial charge in [0.1, 0.15) is 5.82 Å². The summed E-state index contributed by atoms with van der Waals surface area (Å²) in [5.74, 6) is 0.846. The minimum Gasteiger partial charge on any atom is -0.331 e. The summed E-state index contributed by atoms with van der Waals surface area (Å²) in [5, 5.41) is 3.04. The molecule has 5 heteroatoms. The molecule has 5 nitrogen and oxygen atoms in total. The highest BCUT2D eigenvalue weighted by molar-refractivity contribution is 6.04. The number of carbonyl (C=O) groups excluding carboxylic acids is 1. The van der Waals surface area contributed by atoms with Crippen LogP contribution in [0.25, 0.3) is 0 Å². The highest BCUT2D eigenvalue weighted by Crippen LogP contribution is 2.18. The van der Waals surface area contributed by atoms with Gasteiger partial charge in [-0.05, 0) is 50.3 Å². The molecule has 0 spiro atoms. The number of nitrogens with zero attached hydrogens (tertiary/aromatic N) is 3. The second-order valence-electron chi connectivity index (χ2n) is 6.65. The van der Waals surface area contributed by atoms with Gasteiger partial charge >= 0.3 is 0 Å². The molecular weight excluding hydrogens is 324 g/mol. The fourth-order valence-electron chi connectivity index (χ4n) is 2.86. The molecule has 3 aromatic rings. The molecule has 0 radical (unpaired) electrons. The van der Waals surface area contributed by atoms with Gasteiger partial charge in [0.05, 0.1) is 6.54 Å². The van der Waals surface area contributed by atoms with Crippen molar-refractivity contribution in [2.24, 2.45) is 0 Å². The summed E-state index contributed by atoms with van der Waals surface area (Å²) in [6.45, 7) is 3.50. The monoisotopic (exact) mass is 348 g/mol. The van der Waals surface area contributed by atoms with E-state index in [1.807, 2.05) is 75.7 Å². The molecule has 1 N–H and O–H groups in total. The first-order chi connectivity index (χ1) is 12.5. The van der Waals surface area contributed by atoms with E-state index in [9.17, 15) is 4.79 Å². The molecule has 0 aliphatic heterocycles. The number of imidazole rings is 1. The first-order valence-corrected chi connectivity index (χ1v) is 8.63. The molecule has 0 bridgehead atoms. The number of hydrogen-bond acceptors (Lipinski definition) is 3. The van der Waals surface area contributed by atoms with Crippen LogP contribution in [0.15, 0.2) is 60.9 Å². The maximum atomic E-state index is 12.6. The molecule has 0 aliphatic rings. The number of anilines is 1. The normalized spacial score (nSPS) is 10.9. The Labute approximate surface area is 154 Å². The number of nitrogens with one attached hydrogen (secondary N) is 1. The van der Waals surface area contributed by atoms with Crippen LogP contribution in [0.3, 0.4) is 0 Å². The smallest absolute Gasteiger partial charge is 0.255 e. The van der Waals surface area contributed by atoms with Gasteiger partial charge in [0.25, 0.3) is 5.91 Å². The number of para-hydroxylation sites is 1. The van der Waals surface area contributed by atoms with Crippen molar-refractivity contribution < 1.29 is 4.79 Å². The summed E-state index contributed by atoms with van der Waals surface area (Å²) in [4.78, 5) is 19.0. The fourth-order valence-corrected chi connectivity index (χ4v) is 2.86. The van der Waals surface area contributed by atoms with Crippen LogP contribution in [-0.4, -0.2) is 34.5 Å². The average molecular weight is 348 g/mol. The molecule has 1 amide bonds. The quantitative estimate of drug-likeness (QED) is 0.741. The molecule has 134 valence electrons. The van der Waals surface area contributed by atoms with E-state index in [0.717, 1.165) is 23.6 Å². The van der Waals surface area contributed by atoms with E-state index in [0.29, 0.717) is 12.1 Å². The average Bonchev–Trinajstić information content (AvgIpc) is 3.01. The number of aryl methyl sites for hydroxylation is 1. The lowest BCUT2D eigenvalue weighted by Crippen LogP contribution is -2.15. The Morgan fingerprint density at radius 1 is 1.12 bits per heavy atom. The summed E-state index contributed by atoms with van der Waals surface area (Å²) < 4.78 is 2.06. The Kier molecular flexibility index (Phi) is 5.49. The minimum atomic E-state index is -0.101. The number of benzene rings is 2. The second kappa shape index (κ2) is 7.97. The highest BCUT2D eigenvalue weighted by atomic mass is 16.1. The van der Waals surface area contributed by atoms with Crippen LogP contribution in [0.2, 0.25) is 0 Å². The molecule has 2 aromatic carbocycles. The zero-order chi connectivity index (χ0) is 18.5. The lowest BCUT2D eigenvalue weighted by atomic mass is 10.1. The van der Waals surface area contributed by atoms with Crippen molar-refractivity contribution in [1.82, 2.24) is 14.5 Å². The zero-order valence-corrected chi connectivity index (χ0v) is 15.4. The van der Waals surface area contributed by atoms with Gasteiger partial charge in [0.15, 0.2) is 0 Å². The lowest BCUT2D eigenvalue weighted by molar-refractivity contribution is 0.102. The van der Waals surface area contributed by atoms with Crippen molar-refractivity contribution in [2.75, 3.05) is 19.4 Å². The lowest BCUT2D eigenvalue weighted by Gasteiger charge is -2.13. The van der Waals surface area contributed by atoms with Crippen LogP contribution in [0.1, 0.15) is 27.3 Å². The summed E-state index contributed by atoms with van der Waals surface area (Å²) in [6, 6.07) is 15.6. The van der Waals surface area contributed by atoms with Gasteiger partial charge in [-0.3, -0.25) is 4.79 Å². The summed E-state index contributed by atoms with van der Waals surface area (Å²) in [6.07, 6.45) is 3.73. The van der Waals surface area contributed by atoms with E-state index >= 15 is 0 Å². The van der Waals surface area contributed by atoms with E-state index < -0.39 is 0 Å². The summed E-state index contributed by atoms with van der Waals surface area (Å²) >= 11 is 0. The van der Waals surface area contributed by atoms with E-state index in [2.05, 4.69) is 19.8 Å². The SMILES string of the molecule is Cc1nccn1Cc1ccccc1NC(=O)c1ccc(CN(C)C)cc1. The molecule has 0 unspecified atom stereocenters. The number of hydrogen-bond donors (Lipinski definition) is 1. The van der Waals surface area contributed by atoms with Crippen LogP contribution in [-0.2, 0) is 13.1 Å². The first-order valence-electron chi connectivity index (χ1n) is 8.63. The molecule has 3 rings (SSSR count). The summed E-state index contributed by atoms with van der Waals surface area (Å²) in [5.41, 5.74) is 3.71. The van der Waals surface area contributed by atoms with E-state index in [1.165, 1.54) is 5.56 Å². The van der Waals surface area contributed by atoms with Crippen molar-refractivity contribution in [1.29, 1.82) is 0 Å². The van der Waals surface area contributed by atoms with Crippen molar-refractivity contribution in [2.45, 2.75) is 20.0 Å². The second-order valence-corrected chi connectivity index (χ2v) is 6.65. The third-order valence-corrected chi connectivity index (χ3v) is 4.24. The molecule has 0 atom stereocenters. The van der Waals surface area contributed by atoms with E-state index in [4.69, 9.17) is 0 Å². The third kappa shape index (κ3) is 4.37. The molecule has 0 saturated heterocycles. The van der Waals surface area contributed by atoms with Crippen LogP contribution in [0.4, 0.5) is 5.69 Å². The van der Waals surface area contributed by atoms with Gasteiger partial charge < -0.3 is 14.8 Å². The van der Waals surface area contributed by atoms with Gasteiger partial charge in [-0.2, -0.15) is 0 Å². The summed E-state index contributed by atoms with van der Waals surface area (Å²) in [7, 11) is 4.05. The number of rotatable bonds is 6. The Morgan fingerprint density at radius 3 is 2.50 bits per heavy atom. The van der Waals surface area contributed by atoms with Crippen molar-refractivity contribution in [3.8, 4) is 0 Å². The maximum absolute atomic E-state index is 12.6. The largest absolute Gasteiger partial charge is 0.331 e. The Morgan fingerprint density at radius 2 is 1.85 bits per heavy atom. The first kappa shape index (κ1) is 17.9. The Balaban J connectivity index is 1.74.